The number of benzene rings is 1. The predicted molar refractivity (Wildman–Crippen MR) is 111 cm³/mol. The van der Waals surface area contributed by atoms with Crippen molar-refractivity contribution in [3.8, 4) is 0 Å². The molecule has 3 aromatic heterocycles. The fourth-order valence-corrected chi connectivity index (χ4v) is 4.70. The lowest BCUT2D eigenvalue weighted by Gasteiger charge is -2.21. The van der Waals surface area contributed by atoms with Gasteiger partial charge in [-0.15, -0.1) is 0 Å². The van der Waals surface area contributed by atoms with E-state index in [9.17, 15) is 4.79 Å². The van der Waals surface area contributed by atoms with Gasteiger partial charge in [-0.2, -0.15) is 10.1 Å². The van der Waals surface area contributed by atoms with Crippen molar-refractivity contribution in [2.24, 2.45) is 11.8 Å². The van der Waals surface area contributed by atoms with Gasteiger partial charge in [-0.05, 0) is 42.2 Å². The number of hydrogen-bond acceptors (Lipinski definition) is 7. The van der Waals surface area contributed by atoms with Gasteiger partial charge in [0, 0.05) is 35.9 Å². The highest BCUT2D eigenvalue weighted by atomic mass is 35.5. The quantitative estimate of drug-likeness (QED) is 0.501. The van der Waals surface area contributed by atoms with Crippen molar-refractivity contribution >= 4 is 28.2 Å². The van der Waals surface area contributed by atoms with Crippen LogP contribution in [0.25, 0.3) is 10.9 Å². The summed E-state index contributed by atoms with van der Waals surface area (Å²) in [4.78, 5) is 23.7. The molecular formula is C21H17ClN6O2. The van der Waals surface area contributed by atoms with Gasteiger partial charge in [0.1, 0.15) is 6.54 Å². The average molecular weight is 421 g/mol. The van der Waals surface area contributed by atoms with E-state index in [1.165, 1.54) is 4.68 Å². The molecule has 4 heterocycles. The zero-order valence-corrected chi connectivity index (χ0v) is 16.6. The summed E-state index contributed by atoms with van der Waals surface area (Å²) in [7, 11) is 0. The topological polar surface area (TPSA) is 89.9 Å². The third-order valence-corrected chi connectivity index (χ3v) is 6.29. The first-order valence-electron chi connectivity index (χ1n) is 9.81. The molecule has 3 atom stereocenters. The predicted octanol–water partition coefficient (Wildman–Crippen LogP) is 2.73. The molecule has 1 aliphatic carbocycles. The highest BCUT2D eigenvalue weighted by Crippen LogP contribution is 2.57. The summed E-state index contributed by atoms with van der Waals surface area (Å²) in [6, 6.07) is 11.4. The van der Waals surface area contributed by atoms with Crippen LogP contribution in [-0.2, 0) is 6.54 Å². The van der Waals surface area contributed by atoms with E-state index in [1.807, 2.05) is 18.2 Å². The van der Waals surface area contributed by atoms with E-state index in [4.69, 9.17) is 16.1 Å². The second-order valence-electron chi connectivity index (χ2n) is 7.83. The molecule has 1 saturated heterocycles. The second-order valence-corrected chi connectivity index (χ2v) is 8.26. The first-order valence-corrected chi connectivity index (χ1v) is 10.2. The highest BCUT2D eigenvalue weighted by Gasteiger charge is 2.58. The molecule has 1 aromatic carbocycles. The summed E-state index contributed by atoms with van der Waals surface area (Å²) in [5.74, 6) is 2.45. The van der Waals surface area contributed by atoms with E-state index < -0.39 is 0 Å². The number of anilines is 1. The molecule has 1 saturated carbocycles. The molecule has 150 valence electrons. The Morgan fingerprint density at radius 3 is 2.87 bits per heavy atom. The first kappa shape index (κ1) is 17.6. The van der Waals surface area contributed by atoms with Crippen molar-refractivity contribution in [2.45, 2.75) is 12.5 Å². The van der Waals surface area contributed by atoms with Crippen molar-refractivity contribution in [3.63, 3.8) is 0 Å². The van der Waals surface area contributed by atoms with Gasteiger partial charge in [-0.3, -0.25) is 9.78 Å². The van der Waals surface area contributed by atoms with E-state index in [-0.39, 0.29) is 12.1 Å². The summed E-state index contributed by atoms with van der Waals surface area (Å²) >= 11 is 6.12. The number of pyridine rings is 1. The Kier molecular flexibility index (Phi) is 3.89. The second kappa shape index (κ2) is 6.63. The fourth-order valence-electron chi connectivity index (χ4n) is 4.52. The number of nitrogens with zero attached hydrogens (tertiary/aromatic N) is 6. The van der Waals surface area contributed by atoms with Gasteiger partial charge in [-0.1, -0.05) is 22.8 Å². The minimum absolute atomic E-state index is 0.146. The number of hydrogen-bond donors (Lipinski definition) is 0. The van der Waals surface area contributed by atoms with Crippen LogP contribution < -0.4 is 10.5 Å². The molecule has 0 bridgehead atoms. The number of piperidine rings is 1. The largest absolute Gasteiger partial charge is 0.371 e. The molecule has 0 N–H and O–H groups in total. The van der Waals surface area contributed by atoms with E-state index >= 15 is 0 Å². The van der Waals surface area contributed by atoms with Gasteiger partial charge in [0.25, 0.3) is 5.56 Å². The number of halogens is 1. The third-order valence-electron chi connectivity index (χ3n) is 6.06. The van der Waals surface area contributed by atoms with Crippen LogP contribution in [0.3, 0.4) is 0 Å². The molecule has 0 radical (unpaired) electrons. The maximum atomic E-state index is 12.6. The summed E-state index contributed by atoms with van der Waals surface area (Å²) in [6.07, 6.45) is 3.21. The lowest BCUT2D eigenvalue weighted by Crippen LogP contribution is -2.24. The Morgan fingerprint density at radius 2 is 2.03 bits per heavy atom. The third kappa shape index (κ3) is 2.87. The molecule has 30 heavy (non-hydrogen) atoms. The number of rotatable bonds is 4. The van der Waals surface area contributed by atoms with Gasteiger partial charge in [0.2, 0.25) is 5.89 Å². The molecular weight excluding hydrogens is 404 g/mol. The zero-order valence-electron chi connectivity index (χ0n) is 15.8. The molecule has 1 aliphatic heterocycles. The van der Waals surface area contributed by atoms with Gasteiger partial charge in [0.15, 0.2) is 5.82 Å². The highest BCUT2D eigenvalue weighted by molar-refractivity contribution is 6.30. The molecule has 4 aromatic rings. The molecule has 6 rings (SSSR count). The van der Waals surface area contributed by atoms with Gasteiger partial charge in [-0.25, -0.2) is 4.68 Å². The van der Waals surface area contributed by atoms with Crippen molar-refractivity contribution in [3.05, 3.63) is 75.9 Å². The molecule has 0 amide bonds. The molecule has 0 unspecified atom stereocenters. The van der Waals surface area contributed by atoms with Gasteiger partial charge in [0.05, 0.1) is 17.1 Å². The van der Waals surface area contributed by atoms with Crippen LogP contribution >= 0.6 is 11.6 Å². The van der Waals surface area contributed by atoms with Crippen LogP contribution in [0.15, 0.2) is 58.1 Å². The Morgan fingerprint density at radius 1 is 1.17 bits per heavy atom. The smallest absolute Gasteiger partial charge is 0.276 e. The van der Waals surface area contributed by atoms with Crippen LogP contribution in [0.4, 0.5) is 5.69 Å². The van der Waals surface area contributed by atoms with Crippen LogP contribution in [-0.4, -0.2) is 38.0 Å². The standard InChI is InChI=1S/C21H17ClN6O2/c22-12-3-1-4-13(7-12)27-9-15-16(10-27)19(15)20-25-18(30-26-20)11-28-21(29)14-5-2-6-23-17(14)8-24-28/h1-8,15-16,19H,9-11H2/t15-,16+,19-. The van der Waals surface area contributed by atoms with Gasteiger partial charge >= 0.3 is 0 Å². The summed E-state index contributed by atoms with van der Waals surface area (Å²) in [5, 5.41) is 9.62. The fraction of sp³-hybridized carbons (Fsp3) is 0.286. The SMILES string of the molecule is O=c1c2cccnc2cnn1Cc1nc([C@@H]2[C@@H]3CN(c4cccc(Cl)c4)C[C@@H]32)no1. The average Bonchev–Trinajstić information content (AvgIpc) is 3.10. The number of fused-ring (bicyclic) bond motifs is 2. The van der Waals surface area contributed by atoms with Crippen LogP contribution in [0.5, 0.6) is 0 Å². The van der Waals surface area contributed by atoms with Crippen molar-refractivity contribution in [1.82, 2.24) is 24.9 Å². The summed E-state index contributed by atoms with van der Waals surface area (Å²) in [6.45, 7) is 2.06. The van der Waals surface area contributed by atoms with Crippen molar-refractivity contribution in [1.29, 1.82) is 0 Å². The van der Waals surface area contributed by atoms with Crippen molar-refractivity contribution < 1.29 is 4.52 Å². The monoisotopic (exact) mass is 420 g/mol. The van der Waals surface area contributed by atoms with Crippen LogP contribution in [0.1, 0.15) is 17.6 Å². The van der Waals surface area contributed by atoms with E-state index in [1.54, 1.807) is 24.5 Å². The van der Waals surface area contributed by atoms with E-state index in [0.29, 0.717) is 34.5 Å². The molecule has 9 heteroatoms. The minimum Gasteiger partial charge on any atom is -0.371 e. The molecule has 2 fully saturated rings. The Hall–Kier alpha value is -3.26. The lowest BCUT2D eigenvalue weighted by molar-refractivity contribution is 0.358. The lowest BCUT2D eigenvalue weighted by atomic mass is 10.2. The Bertz CT molecular complexity index is 1310. The Balaban J connectivity index is 1.16. The van der Waals surface area contributed by atoms with Crippen LogP contribution in [0.2, 0.25) is 5.02 Å². The number of aromatic nitrogens is 5. The molecule has 0 spiro atoms. The zero-order chi connectivity index (χ0) is 20.2. The first-order chi connectivity index (χ1) is 14.7. The summed E-state index contributed by atoms with van der Waals surface area (Å²) in [5.41, 5.74) is 1.50. The molecule has 2 aliphatic rings. The Labute approximate surface area is 176 Å². The van der Waals surface area contributed by atoms with Crippen molar-refractivity contribution in [2.75, 3.05) is 18.0 Å². The van der Waals surface area contributed by atoms with E-state index in [0.717, 1.165) is 29.6 Å². The minimum atomic E-state index is -0.221. The van der Waals surface area contributed by atoms with Crippen LogP contribution in [0, 0.1) is 11.8 Å². The molecule has 8 nitrogen and oxygen atoms in total. The maximum absolute atomic E-state index is 12.6. The maximum Gasteiger partial charge on any atom is 0.276 e. The normalized spacial score (nSPS) is 22.4. The van der Waals surface area contributed by atoms with E-state index in [2.05, 4.69) is 31.2 Å². The van der Waals surface area contributed by atoms with Gasteiger partial charge < -0.3 is 9.42 Å². The summed E-state index contributed by atoms with van der Waals surface area (Å²) < 4.78 is 6.75.